The van der Waals surface area contributed by atoms with E-state index in [0.717, 1.165) is 31.2 Å². The number of nitrogens with one attached hydrogen (secondary N) is 1. The number of carbonyl (C=O) groups is 1. The molecule has 3 rings (SSSR count). The quantitative estimate of drug-likeness (QED) is 0.867. The Morgan fingerprint density at radius 2 is 1.52 bits per heavy atom. The second kappa shape index (κ2) is 6.25. The van der Waals surface area contributed by atoms with Crippen molar-refractivity contribution in [1.82, 2.24) is 4.98 Å². The molecule has 2 fully saturated rings. The molecule has 1 aromatic heterocycles. The van der Waals surface area contributed by atoms with Gasteiger partial charge in [0.05, 0.1) is 5.41 Å². The lowest BCUT2D eigenvalue weighted by atomic mass is 9.56. The minimum Gasteiger partial charge on any atom is -0.369 e. The maximum absolute atomic E-state index is 12.7. The fourth-order valence-electron chi connectivity index (χ4n) is 5.05. The lowest BCUT2D eigenvalue weighted by Crippen LogP contribution is -2.53. The highest BCUT2D eigenvalue weighted by atomic mass is 16.1. The standard InChI is InChI=1S/C18H28N2O/c19-17(21)18(16-11-12-20-13-16,14-7-3-1-4-8-14)15-9-5-2-6-10-15/h11-15,20H,1-10H2,(H2,19,21). The van der Waals surface area contributed by atoms with Crippen molar-refractivity contribution in [3.05, 3.63) is 24.0 Å². The van der Waals surface area contributed by atoms with Crippen molar-refractivity contribution in [2.45, 2.75) is 69.6 Å². The van der Waals surface area contributed by atoms with E-state index in [1.165, 1.54) is 38.5 Å². The highest BCUT2D eigenvalue weighted by molar-refractivity contribution is 5.87. The van der Waals surface area contributed by atoms with Crippen LogP contribution in [-0.4, -0.2) is 10.9 Å². The predicted molar refractivity (Wildman–Crippen MR) is 84.8 cm³/mol. The van der Waals surface area contributed by atoms with Crippen LogP contribution in [0.25, 0.3) is 0 Å². The molecule has 0 saturated heterocycles. The third-order valence-electron chi connectivity index (χ3n) is 5.98. The van der Waals surface area contributed by atoms with Gasteiger partial charge in [-0.3, -0.25) is 4.79 Å². The van der Waals surface area contributed by atoms with E-state index in [0.29, 0.717) is 11.8 Å². The molecule has 2 aliphatic carbocycles. The van der Waals surface area contributed by atoms with Gasteiger partial charge < -0.3 is 10.7 Å². The Balaban J connectivity index is 2.03. The van der Waals surface area contributed by atoms with Gasteiger partial charge in [0.25, 0.3) is 0 Å². The molecule has 3 nitrogen and oxygen atoms in total. The summed E-state index contributed by atoms with van der Waals surface area (Å²) in [5.41, 5.74) is 6.79. The molecule has 1 aromatic rings. The largest absolute Gasteiger partial charge is 0.369 e. The number of primary amides is 1. The molecule has 0 unspecified atom stereocenters. The molecule has 2 aliphatic rings. The number of hydrogen-bond donors (Lipinski definition) is 2. The van der Waals surface area contributed by atoms with Crippen LogP contribution < -0.4 is 5.73 Å². The van der Waals surface area contributed by atoms with Gasteiger partial charge in [0, 0.05) is 12.4 Å². The molecule has 1 heterocycles. The van der Waals surface area contributed by atoms with Gasteiger partial charge in [-0.15, -0.1) is 0 Å². The topological polar surface area (TPSA) is 58.9 Å². The molecule has 21 heavy (non-hydrogen) atoms. The van der Waals surface area contributed by atoms with Crippen molar-refractivity contribution in [1.29, 1.82) is 0 Å². The molecular weight excluding hydrogens is 260 g/mol. The van der Waals surface area contributed by atoms with Gasteiger partial charge in [0.2, 0.25) is 5.91 Å². The monoisotopic (exact) mass is 288 g/mol. The van der Waals surface area contributed by atoms with Gasteiger partial charge in [-0.1, -0.05) is 38.5 Å². The average Bonchev–Trinajstić information content (AvgIpc) is 3.04. The number of aromatic nitrogens is 1. The van der Waals surface area contributed by atoms with Crippen LogP contribution in [0.5, 0.6) is 0 Å². The van der Waals surface area contributed by atoms with E-state index in [1.54, 1.807) is 0 Å². The van der Waals surface area contributed by atoms with Crippen molar-refractivity contribution < 1.29 is 4.79 Å². The van der Waals surface area contributed by atoms with E-state index in [9.17, 15) is 4.79 Å². The highest BCUT2D eigenvalue weighted by Crippen LogP contribution is 2.50. The van der Waals surface area contributed by atoms with Crippen LogP contribution in [0, 0.1) is 11.8 Å². The van der Waals surface area contributed by atoms with Gasteiger partial charge in [0.1, 0.15) is 0 Å². The lowest BCUT2D eigenvalue weighted by molar-refractivity contribution is -0.129. The van der Waals surface area contributed by atoms with E-state index in [1.807, 2.05) is 12.4 Å². The Kier molecular flexibility index (Phi) is 4.37. The first-order valence-corrected chi connectivity index (χ1v) is 8.69. The molecule has 116 valence electrons. The van der Waals surface area contributed by atoms with Gasteiger partial charge in [-0.25, -0.2) is 0 Å². The van der Waals surface area contributed by atoms with Crippen LogP contribution in [0.3, 0.4) is 0 Å². The van der Waals surface area contributed by atoms with Crippen LogP contribution in [0.1, 0.15) is 69.8 Å². The van der Waals surface area contributed by atoms with E-state index in [-0.39, 0.29) is 5.91 Å². The van der Waals surface area contributed by atoms with Gasteiger partial charge >= 0.3 is 0 Å². The van der Waals surface area contributed by atoms with Gasteiger partial charge in [-0.05, 0) is 49.1 Å². The van der Waals surface area contributed by atoms with Crippen LogP contribution in [0.2, 0.25) is 0 Å². The zero-order valence-electron chi connectivity index (χ0n) is 12.9. The Labute approximate surface area is 127 Å². The molecule has 0 radical (unpaired) electrons. The summed E-state index contributed by atoms with van der Waals surface area (Å²) in [5.74, 6) is 0.784. The molecule has 2 saturated carbocycles. The molecule has 0 aromatic carbocycles. The maximum atomic E-state index is 12.7. The molecule has 0 aliphatic heterocycles. The lowest BCUT2D eigenvalue weighted by Gasteiger charge is -2.47. The Hall–Kier alpha value is -1.25. The summed E-state index contributed by atoms with van der Waals surface area (Å²) in [7, 11) is 0. The summed E-state index contributed by atoms with van der Waals surface area (Å²) in [5, 5.41) is 0. The van der Waals surface area contributed by atoms with E-state index < -0.39 is 5.41 Å². The van der Waals surface area contributed by atoms with Gasteiger partial charge in [-0.2, -0.15) is 0 Å². The third-order valence-corrected chi connectivity index (χ3v) is 5.98. The molecule has 3 heteroatoms. The van der Waals surface area contributed by atoms with Crippen molar-refractivity contribution in [3.63, 3.8) is 0 Å². The van der Waals surface area contributed by atoms with Crippen molar-refractivity contribution in [2.75, 3.05) is 0 Å². The molecule has 0 spiro atoms. The summed E-state index contributed by atoms with van der Waals surface area (Å²) < 4.78 is 0. The summed E-state index contributed by atoms with van der Waals surface area (Å²) >= 11 is 0. The number of nitrogens with two attached hydrogens (primary N) is 1. The average molecular weight is 288 g/mol. The third kappa shape index (κ3) is 2.51. The Bertz CT molecular complexity index is 436. The van der Waals surface area contributed by atoms with Crippen molar-refractivity contribution in [2.24, 2.45) is 17.6 Å². The highest BCUT2D eigenvalue weighted by Gasteiger charge is 2.51. The molecule has 1 amide bonds. The number of aromatic amines is 1. The summed E-state index contributed by atoms with van der Waals surface area (Å²) in [4.78, 5) is 15.9. The van der Waals surface area contributed by atoms with Crippen LogP contribution >= 0.6 is 0 Å². The second-order valence-electron chi connectivity index (χ2n) is 7.00. The molecule has 0 bridgehead atoms. The number of H-pyrrole nitrogens is 1. The smallest absolute Gasteiger partial charge is 0.228 e. The number of amides is 1. The Morgan fingerprint density at radius 3 is 1.90 bits per heavy atom. The zero-order valence-corrected chi connectivity index (χ0v) is 12.9. The first-order chi connectivity index (χ1) is 10.3. The van der Waals surface area contributed by atoms with Crippen LogP contribution in [-0.2, 0) is 10.2 Å². The normalized spacial score (nSPS) is 22.3. The predicted octanol–water partition coefficient (Wildman–Crippen LogP) is 3.90. The summed E-state index contributed by atoms with van der Waals surface area (Å²) in [6.45, 7) is 0. The van der Waals surface area contributed by atoms with E-state index in [2.05, 4.69) is 11.1 Å². The fraction of sp³-hybridized carbons (Fsp3) is 0.722. The maximum Gasteiger partial charge on any atom is 0.228 e. The minimum atomic E-state index is -0.430. The summed E-state index contributed by atoms with van der Waals surface area (Å²) in [6, 6.07) is 2.09. The van der Waals surface area contributed by atoms with Crippen molar-refractivity contribution in [3.8, 4) is 0 Å². The Morgan fingerprint density at radius 1 is 1.00 bits per heavy atom. The minimum absolute atomic E-state index is 0.0825. The molecular formula is C18H28N2O. The molecule has 0 atom stereocenters. The number of carbonyl (C=O) groups excluding carboxylic acids is 1. The zero-order chi connectivity index (χ0) is 14.7. The number of rotatable bonds is 4. The van der Waals surface area contributed by atoms with Gasteiger partial charge in [0.15, 0.2) is 0 Å². The van der Waals surface area contributed by atoms with E-state index in [4.69, 9.17) is 5.73 Å². The first-order valence-electron chi connectivity index (χ1n) is 8.69. The SMILES string of the molecule is NC(=O)C(c1cc[nH]c1)(C1CCCCC1)C1CCCCC1. The first kappa shape index (κ1) is 14.7. The van der Waals surface area contributed by atoms with Crippen LogP contribution in [0.15, 0.2) is 18.5 Å². The number of hydrogen-bond acceptors (Lipinski definition) is 1. The molecule has 3 N–H and O–H groups in total. The summed E-state index contributed by atoms with van der Waals surface area (Å²) in [6.07, 6.45) is 16.2. The van der Waals surface area contributed by atoms with E-state index >= 15 is 0 Å². The second-order valence-corrected chi connectivity index (χ2v) is 7.00. The van der Waals surface area contributed by atoms with Crippen molar-refractivity contribution >= 4 is 5.91 Å². The fourth-order valence-corrected chi connectivity index (χ4v) is 5.05. The van der Waals surface area contributed by atoms with Crippen LogP contribution in [0.4, 0.5) is 0 Å².